The molecule has 0 atom stereocenters. The maximum absolute atomic E-state index is 11.9. The largest absolute Gasteiger partial charge is 0.468 e. The van der Waals surface area contributed by atoms with E-state index in [4.69, 9.17) is 9.47 Å². The lowest BCUT2D eigenvalue weighted by molar-refractivity contribution is -0.170. The van der Waals surface area contributed by atoms with Gasteiger partial charge in [0.2, 0.25) is 0 Å². The molecule has 1 aliphatic rings. The summed E-state index contributed by atoms with van der Waals surface area (Å²) in [6, 6.07) is 0. The van der Waals surface area contributed by atoms with Crippen LogP contribution in [0.15, 0.2) is 23.8 Å². The van der Waals surface area contributed by atoms with E-state index in [9.17, 15) is 9.59 Å². The highest BCUT2D eigenvalue weighted by atomic mass is 16.5. The molecule has 0 aromatic heterocycles. The summed E-state index contributed by atoms with van der Waals surface area (Å²) in [5.74, 6) is -1.03. The fourth-order valence-electron chi connectivity index (χ4n) is 2.18. The third-order valence-corrected chi connectivity index (χ3v) is 3.02. The zero-order valence-corrected chi connectivity index (χ0v) is 10.5. The van der Waals surface area contributed by atoms with Crippen molar-refractivity contribution in [1.29, 1.82) is 0 Å². The Bertz CT molecular complexity index is 350. The third kappa shape index (κ3) is 2.57. The Balaban J connectivity index is 3.06. The minimum atomic E-state index is -1.17. The first-order valence-corrected chi connectivity index (χ1v) is 5.59. The zero-order valence-electron chi connectivity index (χ0n) is 10.5. The summed E-state index contributed by atoms with van der Waals surface area (Å²) in [7, 11) is 2.58. The van der Waals surface area contributed by atoms with Crippen molar-refractivity contribution in [2.24, 2.45) is 5.41 Å². The van der Waals surface area contributed by atoms with Crippen LogP contribution >= 0.6 is 0 Å². The minimum absolute atomic E-state index is 0.344. The van der Waals surface area contributed by atoms with Gasteiger partial charge in [0.1, 0.15) is 0 Å². The molecular weight excluding hydrogens is 220 g/mol. The van der Waals surface area contributed by atoms with Crippen LogP contribution in [0.2, 0.25) is 0 Å². The molecule has 1 aliphatic carbocycles. The SMILES string of the molecule is C/C=C/C1=CCCC(C(=O)OC)(C(=O)OC)C1. The number of allylic oxidation sites excluding steroid dienone is 4. The molecule has 0 aromatic carbocycles. The van der Waals surface area contributed by atoms with E-state index in [0.717, 1.165) is 5.57 Å². The molecule has 0 heterocycles. The van der Waals surface area contributed by atoms with E-state index in [-0.39, 0.29) is 0 Å². The Kier molecular flexibility index (Phi) is 4.49. The highest BCUT2D eigenvalue weighted by Gasteiger charge is 2.49. The molecule has 0 saturated heterocycles. The number of ether oxygens (including phenoxy) is 2. The Morgan fingerprint density at radius 2 is 1.88 bits per heavy atom. The molecule has 0 aliphatic heterocycles. The average molecular weight is 238 g/mol. The quantitative estimate of drug-likeness (QED) is 0.557. The van der Waals surface area contributed by atoms with Crippen LogP contribution in [-0.2, 0) is 19.1 Å². The van der Waals surface area contributed by atoms with E-state index in [2.05, 4.69) is 0 Å². The van der Waals surface area contributed by atoms with E-state index in [0.29, 0.717) is 19.3 Å². The van der Waals surface area contributed by atoms with Crippen LogP contribution in [-0.4, -0.2) is 26.2 Å². The van der Waals surface area contributed by atoms with Gasteiger partial charge < -0.3 is 9.47 Å². The first-order valence-electron chi connectivity index (χ1n) is 5.59. The van der Waals surface area contributed by atoms with Crippen molar-refractivity contribution in [2.75, 3.05) is 14.2 Å². The van der Waals surface area contributed by atoms with Gasteiger partial charge in [-0.15, -0.1) is 0 Å². The lowest BCUT2D eigenvalue weighted by atomic mass is 9.74. The molecule has 0 saturated carbocycles. The van der Waals surface area contributed by atoms with Gasteiger partial charge in [0.25, 0.3) is 0 Å². The smallest absolute Gasteiger partial charge is 0.323 e. The fraction of sp³-hybridized carbons (Fsp3) is 0.538. The zero-order chi connectivity index (χ0) is 12.9. The van der Waals surface area contributed by atoms with Crippen molar-refractivity contribution < 1.29 is 19.1 Å². The second kappa shape index (κ2) is 5.66. The molecule has 0 bridgehead atoms. The molecule has 0 N–H and O–H groups in total. The molecule has 0 unspecified atom stereocenters. The molecule has 94 valence electrons. The lowest BCUT2D eigenvalue weighted by Crippen LogP contribution is -2.42. The van der Waals surface area contributed by atoms with Gasteiger partial charge in [-0.25, -0.2) is 0 Å². The van der Waals surface area contributed by atoms with E-state index < -0.39 is 17.4 Å². The topological polar surface area (TPSA) is 52.6 Å². The molecule has 0 fully saturated rings. The maximum atomic E-state index is 11.9. The molecule has 17 heavy (non-hydrogen) atoms. The lowest BCUT2D eigenvalue weighted by Gasteiger charge is -2.31. The standard InChI is InChI=1S/C13H18O4/c1-4-6-10-7-5-8-13(9-10,11(14)16-2)12(15)17-3/h4,6-7H,5,8-9H2,1-3H3/b6-4+. The first kappa shape index (κ1) is 13.5. The second-order valence-electron chi connectivity index (χ2n) is 4.06. The predicted molar refractivity (Wildman–Crippen MR) is 63.2 cm³/mol. The number of rotatable bonds is 3. The van der Waals surface area contributed by atoms with Gasteiger partial charge in [-0.2, -0.15) is 0 Å². The molecular formula is C13H18O4. The average Bonchev–Trinajstić information content (AvgIpc) is 2.37. The number of methoxy groups -OCH3 is 2. The van der Waals surface area contributed by atoms with E-state index in [1.54, 1.807) is 0 Å². The number of hydrogen-bond donors (Lipinski definition) is 0. The highest BCUT2D eigenvalue weighted by Crippen LogP contribution is 2.39. The summed E-state index contributed by atoms with van der Waals surface area (Å²) in [6.07, 6.45) is 7.27. The highest BCUT2D eigenvalue weighted by molar-refractivity contribution is 6.00. The van der Waals surface area contributed by atoms with Crippen LogP contribution in [0.4, 0.5) is 0 Å². The van der Waals surface area contributed by atoms with Gasteiger partial charge in [-0.3, -0.25) is 9.59 Å². The van der Waals surface area contributed by atoms with Crippen molar-refractivity contribution in [2.45, 2.75) is 26.2 Å². The Hall–Kier alpha value is -1.58. The van der Waals surface area contributed by atoms with Crippen LogP contribution in [0, 0.1) is 5.41 Å². The first-order chi connectivity index (χ1) is 8.10. The fourth-order valence-corrected chi connectivity index (χ4v) is 2.18. The van der Waals surface area contributed by atoms with Crippen LogP contribution in [0.5, 0.6) is 0 Å². The molecule has 0 spiro atoms. The summed E-state index contributed by atoms with van der Waals surface area (Å²) >= 11 is 0. The van der Waals surface area contributed by atoms with Crippen molar-refractivity contribution in [3.63, 3.8) is 0 Å². The monoisotopic (exact) mass is 238 g/mol. The summed E-state index contributed by atoms with van der Waals surface area (Å²) < 4.78 is 9.50. The van der Waals surface area contributed by atoms with Gasteiger partial charge in [0.15, 0.2) is 5.41 Å². The van der Waals surface area contributed by atoms with Crippen LogP contribution in [0.3, 0.4) is 0 Å². The number of carbonyl (C=O) groups is 2. The molecule has 4 nitrogen and oxygen atoms in total. The Labute approximate surface area is 101 Å². The summed E-state index contributed by atoms with van der Waals surface area (Å²) in [5.41, 5.74) is -0.206. The number of carbonyl (C=O) groups excluding carboxylic acids is 2. The minimum Gasteiger partial charge on any atom is -0.468 e. The summed E-state index contributed by atoms with van der Waals surface area (Å²) in [5, 5.41) is 0. The van der Waals surface area contributed by atoms with E-state index in [1.807, 2.05) is 25.2 Å². The van der Waals surface area contributed by atoms with Gasteiger partial charge in [-0.05, 0) is 26.2 Å². The molecule has 1 rings (SSSR count). The maximum Gasteiger partial charge on any atom is 0.323 e. The third-order valence-electron chi connectivity index (χ3n) is 3.02. The summed E-state index contributed by atoms with van der Waals surface area (Å²) in [6.45, 7) is 1.90. The predicted octanol–water partition coefficient (Wildman–Crippen LogP) is 2.01. The van der Waals surface area contributed by atoms with Gasteiger partial charge in [0, 0.05) is 0 Å². The second-order valence-corrected chi connectivity index (χ2v) is 4.06. The van der Waals surface area contributed by atoms with Crippen LogP contribution in [0.25, 0.3) is 0 Å². The van der Waals surface area contributed by atoms with Crippen molar-refractivity contribution in [1.82, 2.24) is 0 Å². The van der Waals surface area contributed by atoms with E-state index >= 15 is 0 Å². The summed E-state index contributed by atoms with van der Waals surface area (Å²) in [4.78, 5) is 23.7. The molecule has 0 aromatic rings. The van der Waals surface area contributed by atoms with E-state index in [1.165, 1.54) is 14.2 Å². The van der Waals surface area contributed by atoms with Crippen molar-refractivity contribution in [3.8, 4) is 0 Å². The van der Waals surface area contributed by atoms with Gasteiger partial charge in [0.05, 0.1) is 14.2 Å². The van der Waals surface area contributed by atoms with Crippen LogP contribution in [0.1, 0.15) is 26.2 Å². The Morgan fingerprint density at radius 1 is 1.29 bits per heavy atom. The Morgan fingerprint density at radius 3 is 2.35 bits per heavy atom. The van der Waals surface area contributed by atoms with Gasteiger partial charge in [-0.1, -0.05) is 23.8 Å². The number of hydrogen-bond acceptors (Lipinski definition) is 4. The number of esters is 2. The van der Waals surface area contributed by atoms with Crippen molar-refractivity contribution >= 4 is 11.9 Å². The molecule has 0 amide bonds. The van der Waals surface area contributed by atoms with Crippen molar-refractivity contribution in [3.05, 3.63) is 23.8 Å². The van der Waals surface area contributed by atoms with Crippen LogP contribution < -0.4 is 0 Å². The molecule has 4 heteroatoms. The normalized spacial score (nSPS) is 18.6. The van der Waals surface area contributed by atoms with Gasteiger partial charge >= 0.3 is 11.9 Å². The molecule has 0 radical (unpaired) electrons.